The van der Waals surface area contributed by atoms with E-state index in [4.69, 9.17) is 9.84 Å². The van der Waals surface area contributed by atoms with Crippen molar-refractivity contribution < 1.29 is 9.53 Å². The van der Waals surface area contributed by atoms with E-state index in [-0.39, 0.29) is 24.9 Å². The third-order valence-electron chi connectivity index (χ3n) is 5.07. The van der Waals surface area contributed by atoms with Gasteiger partial charge in [-0.2, -0.15) is 5.10 Å². The first-order valence-corrected chi connectivity index (χ1v) is 9.05. The number of amides is 1. The molecule has 5 rings (SSSR count). The SMILES string of the molecule is CN1C(=O)COc2ccc(-n3ccnc3-c3cc4n(n3)CCCNC4)cc21.Cl. The van der Waals surface area contributed by atoms with Crippen LogP contribution in [0.2, 0.25) is 0 Å². The molecule has 8 nitrogen and oxygen atoms in total. The Labute approximate surface area is 168 Å². The Morgan fingerprint density at radius 3 is 3.04 bits per heavy atom. The Hall–Kier alpha value is -2.84. The molecule has 0 saturated heterocycles. The molecule has 2 aliphatic heterocycles. The van der Waals surface area contributed by atoms with Crippen LogP contribution >= 0.6 is 12.4 Å². The lowest BCUT2D eigenvalue weighted by atomic mass is 10.2. The van der Waals surface area contributed by atoms with Gasteiger partial charge in [-0.15, -0.1) is 12.4 Å². The Kier molecular flexibility index (Phi) is 4.82. The van der Waals surface area contributed by atoms with Crippen molar-refractivity contribution in [3.63, 3.8) is 0 Å². The summed E-state index contributed by atoms with van der Waals surface area (Å²) in [6.07, 6.45) is 4.74. The number of fused-ring (bicyclic) bond motifs is 2. The minimum Gasteiger partial charge on any atom is -0.482 e. The summed E-state index contributed by atoms with van der Waals surface area (Å²) in [5.74, 6) is 1.43. The minimum absolute atomic E-state index is 0. The van der Waals surface area contributed by atoms with Gasteiger partial charge in [0.15, 0.2) is 12.4 Å². The fourth-order valence-electron chi connectivity index (χ4n) is 3.58. The van der Waals surface area contributed by atoms with E-state index in [0.29, 0.717) is 5.75 Å². The predicted octanol–water partition coefficient (Wildman–Crippen LogP) is 2.01. The van der Waals surface area contributed by atoms with Gasteiger partial charge in [0.1, 0.15) is 11.4 Å². The summed E-state index contributed by atoms with van der Waals surface area (Å²) in [6, 6.07) is 7.90. The van der Waals surface area contributed by atoms with Gasteiger partial charge in [0.05, 0.1) is 11.4 Å². The summed E-state index contributed by atoms with van der Waals surface area (Å²) in [4.78, 5) is 18.1. The number of carbonyl (C=O) groups is 1. The van der Waals surface area contributed by atoms with Crippen molar-refractivity contribution in [3.8, 4) is 23.0 Å². The number of likely N-dealkylation sites (N-methyl/N-ethyl adjacent to an activating group) is 1. The van der Waals surface area contributed by atoms with Crippen LogP contribution in [0.15, 0.2) is 36.7 Å². The van der Waals surface area contributed by atoms with Crippen LogP contribution in [0.3, 0.4) is 0 Å². The summed E-state index contributed by atoms with van der Waals surface area (Å²) in [5, 5.41) is 8.17. The molecule has 0 aliphatic carbocycles. The molecule has 146 valence electrons. The number of rotatable bonds is 2. The highest BCUT2D eigenvalue weighted by Crippen LogP contribution is 2.34. The molecular weight excluding hydrogens is 380 g/mol. The number of hydrogen-bond donors (Lipinski definition) is 1. The third kappa shape index (κ3) is 3.04. The first-order chi connectivity index (χ1) is 13.2. The Morgan fingerprint density at radius 1 is 1.25 bits per heavy atom. The summed E-state index contributed by atoms with van der Waals surface area (Å²) in [5.41, 5.74) is 3.68. The van der Waals surface area contributed by atoms with Gasteiger partial charge in [0, 0.05) is 38.2 Å². The largest absolute Gasteiger partial charge is 0.482 e. The Bertz CT molecular complexity index is 1000. The smallest absolute Gasteiger partial charge is 0.264 e. The summed E-state index contributed by atoms with van der Waals surface area (Å²) < 4.78 is 9.57. The predicted molar refractivity (Wildman–Crippen MR) is 107 cm³/mol. The molecule has 3 aromatic rings. The molecule has 1 amide bonds. The quantitative estimate of drug-likeness (QED) is 0.712. The van der Waals surface area contributed by atoms with Crippen LogP contribution < -0.4 is 15.0 Å². The van der Waals surface area contributed by atoms with E-state index < -0.39 is 0 Å². The number of hydrogen-bond acceptors (Lipinski definition) is 5. The average Bonchev–Trinajstić information content (AvgIpc) is 3.27. The van der Waals surface area contributed by atoms with Crippen LogP contribution in [-0.2, 0) is 17.9 Å². The number of aromatic nitrogens is 4. The Morgan fingerprint density at radius 2 is 2.14 bits per heavy atom. The van der Waals surface area contributed by atoms with E-state index >= 15 is 0 Å². The molecular formula is C19H21ClN6O2. The lowest BCUT2D eigenvalue weighted by Crippen LogP contribution is -2.35. The fraction of sp³-hybridized carbons (Fsp3) is 0.316. The molecule has 28 heavy (non-hydrogen) atoms. The number of nitrogens with zero attached hydrogens (tertiary/aromatic N) is 5. The van der Waals surface area contributed by atoms with Crippen LogP contribution in [0, 0.1) is 0 Å². The molecule has 0 bridgehead atoms. The second-order valence-electron chi connectivity index (χ2n) is 6.79. The molecule has 1 aromatic carbocycles. The minimum atomic E-state index is -0.0594. The van der Waals surface area contributed by atoms with Crippen LogP contribution in [0.1, 0.15) is 12.1 Å². The molecule has 0 unspecified atom stereocenters. The molecule has 0 saturated carbocycles. The first kappa shape index (κ1) is 18.5. The van der Waals surface area contributed by atoms with E-state index in [9.17, 15) is 4.79 Å². The van der Waals surface area contributed by atoms with E-state index in [1.165, 1.54) is 5.69 Å². The molecule has 0 fully saturated rings. The zero-order valence-electron chi connectivity index (χ0n) is 15.5. The molecule has 4 heterocycles. The Balaban J connectivity index is 0.00000192. The third-order valence-corrected chi connectivity index (χ3v) is 5.07. The van der Waals surface area contributed by atoms with Gasteiger partial charge >= 0.3 is 0 Å². The van der Waals surface area contributed by atoms with Crippen molar-refractivity contribution in [2.75, 3.05) is 25.1 Å². The molecule has 9 heteroatoms. The molecule has 2 aliphatic rings. The van der Waals surface area contributed by atoms with Gasteiger partial charge in [-0.1, -0.05) is 0 Å². The van der Waals surface area contributed by atoms with Gasteiger partial charge in [0.25, 0.3) is 5.91 Å². The molecule has 0 radical (unpaired) electrons. The lowest BCUT2D eigenvalue weighted by molar-refractivity contribution is -0.120. The average molecular weight is 401 g/mol. The number of anilines is 1. The number of imidazole rings is 1. The fourth-order valence-corrected chi connectivity index (χ4v) is 3.58. The molecule has 1 N–H and O–H groups in total. The molecule has 0 atom stereocenters. The van der Waals surface area contributed by atoms with Gasteiger partial charge < -0.3 is 15.0 Å². The van der Waals surface area contributed by atoms with E-state index in [1.807, 2.05) is 29.0 Å². The number of aryl methyl sites for hydroxylation is 1. The highest BCUT2D eigenvalue weighted by Gasteiger charge is 2.23. The zero-order valence-corrected chi connectivity index (χ0v) is 16.3. The highest BCUT2D eigenvalue weighted by atomic mass is 35.5. The zero-order chi connectivity index (χ0) is 18.4. The number of carbonyl (C=O) groups excluding carboxylic acids is 1. The summed E-state index contributed by atoms with van der Waals surface area (Å²) in [6.45, 7) is 2.81. The topological polar surface area (TPSA) is 77.2 Å². The maximum atomic E-state index is 11.9. The van der Waals surface area contributed by atoms with Gasteiger partial charge in [0.2, 0.25) is 0 Å². The van der Waals surface area contributed by atoms with Crippen molar-refractivity contribution in [2.24, 2.45) is 0 Å². The number of halogens is 1. The molecule has 2 aromatic heterocycles. The van der Waals surface area contributed by atoms with Gasteiger partial charge in [-0.3, -0.25) is 14.0 Å². The first-order valence-electron chi connectivity index (χ1n) is 9.05. The standard InChI is InChI=1S/C19H20N6O2.ClH/c1-23-16-10-13(3-4-17(16)27-12-18(23)26)24-8-6-21-19(24)15-9-14-11-20-5-2-7-25(14)22-15;/h3-4,6,8-10,20H,2,5,7,11-12H2,1H3;1H. The second-order valence-corrected chi connectivity index (χ2v) is 6.79. The second kappa shape index (κ2) is 7.29. The van der Waals surface area contributed by atoms with Crippen molar-refractivity contribution in [3.05, 3.63) is 42.4 Å². The van der Waals surface area contributed by atoms with Crippen LogP contribution in [0.4, 0.5) is 5.69 Å². The van der Waals surface area contributed by atoms with E-state index in [1.54, 1.807) is 18.1 Å². The van der Waals surface area contributed by atoms with Crippen molar-refractivity contribution in [1.82, 2.24) is 24.6 Å². The number of ether oxygens (including phenoxy) is 1. The summed E-state index contributed by atoms with van der Waals surface area (Å²) in [7, 11) is 1.77. The van der Waals surface area contributed by atoms with Gasteiger partial charge in [-0.25, -0.2) is 4.98 Å². The highest BCUT2D eigenvalue weighted by molar-refractivity contribution is 5.97. The van der Waals surface area contributed by atoms with Crippen LogP contribution in [-0.4, -0.2) is 45.4 Å². The van der Waals surface area contributed by atoms with E-state index in [0.717, 1.165) is 48.9 Å². The van der Waals surface area contributed by atoms with Crippen LogP contribution in [0.25, 0.3) is 17.2 Å². The van der Waals surface area contributed by atoms with Crippen molar-refractivity contribution in [1.29, 1.82) is 0 Å². The monoisotopic (exact) mass is 400 g/mol. The maximum absolute atomic E-state index is 11.9. The summed E-state index contributed by atoms with van der Waals surface area (Å²) >= 11 is 0. The van der Waals surface area contributed by atoms with Crippen LogP contribution in [0.5, 0.6) is 5.75 Å². The van der Waals surface area contributed by atoms with E-state index in [2.05, 4.69) is 21.0 Å². The number of nitrogens with one attached hydrogen (secondary N) is 1. The number of benzene rings is 1. The van der Waals surface area contributed by atoms with Crippen molar-refractivity contribution >= 4 is 24.0 Å². The lowest BCUT2D eigenvalue weighted by Gasteiger charge is -2.26. The molecule has 0 spiro atoms. The maximum Gasteiger partial charge on any atom is 0.264 e. The van der Waals surface area contributed by atoms with Gasteiger partial charge in [-0.05, 0) is 37.2 Å². The normalized spacial score (nSPS) is 15.9. The van der Waals surface area contributed by atoms with Crippen molar-refractivity contribution in [2.45, 2.75) is 19.5 Å².